The average molecular weight is 554 g/mol. The van der Waals surface area contributed by atoms with Gasteiger partial charge in [-0.3, -0.25) is 4.79 Å². The zero-order valence-electron chi connectivity index (χ0n) is 22.5. The van der Waals surface area contributed by atoms with Crippen LogP contribution in [0, 0.1) is 11.7 Å². The molecule has 0 radical (unpaired) electrons. The molecule has 0 spiro atoms. The van der Waals surface area contributed by atoms with Gasteiger partial charge in [0.15, 0.2) is 11.4 Å². The Morgan fingerprint density at radius 1 is 1.00 bits per heavy atom. The Hall–Kier alpha value is -2.53. The van der Waals surface area contributed by atoms with Crippen molar-refractivity contribution < 1.29 is 41.3 Å². The number of amides is 1. The van der Waals surface area contributed by atoms with E-state index in [4.69, 9.17) is 18.9 Å². The van der Waals surface area contributed by atoms with Crippen LogP contribution in [0.2, 0.25) is 0 Å². The quantitative estimate of drug-likeness (QED) is 0.400. The van der Waals surface area contributed by atoms with Crippen molar-refractivity contribution in [3.8, 4) is 0 Å². The van der Waals surface area contributed by atoms with E-state index in [0.717, 1.165) is 12.1 Å². The molecule has 1 aliphatic heterocycles. The summed E-state index contributed by atoms with van der Waals surface area (Å²) in [7, 11) is 0. The van der Waals surface area contributed by atoms with Gasteiger partial charge in [0.05, 0.1) is 31.0 Å². The van der Waals surface area contributed by atoms with Gasteiger partial charge in [-0.2, -0.15) is 13.2 Å². The van der Waals surface area contributed by atoms with Crippen molar-refractivity contribution in [1.29, 1.82) is 0 Å². The highest BCUT2D eigenvalue weighted by molar-refractivity contribution is 5.85. The van der Waals surface area contributed by atoms with Crippen molar-refractivity contribution in [2.24, 2.45) is 5.92 Å². The predicted molar refractivity (Wildman–Crippen MR) is 135 cm³/mol. The standard InChI is InChI=1S/C29H35F4NO5/c1-18(2)15-34-26(35)28(37-17-20-7-11-22(30)12-8-20)13-23(25-24(14-28)38-27(3,4)39-25)36-16-19-5-9-21(10-6-19)29(31,32)33/h5-12,18,23-25H,13-17H2,1-4H3,(H,34,35)/t23?,24-,25+,28-/m1/s1. The topological polar surface area (TPSA) is 66.0 Å². The summed E-state index contributed by atoms with van der Waals surface area (Å²) in [5.41, 5.74) is -0.835. The van der Waals surface area contributed by atoms with Gasteiger partial charge in [0.25, 0.3) is 5.91 Å². The molecule has 4 rings (SSSR count). The van der Waals surface area contributed by atoms with Crippen molar-refractivity contribution in [2.45, 2.75) is 89.6 Å². The molecule has 2 aliphatic rings. The van der Waals surface area contributed by atoms with Crippen LogP contribution in [0.4, 0.5) is 17.6 Å². The van der Waals surface area contributed by atoms with Crippen molar-refractivity contribution in [1.82, 2.24) is 5.32 Å². The van der Waals surface area contributed by atoms with E-state index in [-0.39, 0.29) is 43.7 Å². The molecule has 39 heavy (non-hydrogen) atoms. The fourth-order valence-electron chi connectivity index (χ4n) is 4.96. The molecule has 1 N–H and O–H groups in total. The molecule has 4 atom stereocenters. The summed E-state index contributed by atoms with van der Waals surface area (Å²) in [5, 5.41) is 2.97. The van der Waals surface area contributed by atoms with Crippen LogP contribution in [0.15, 0.2) is 48.5 Å². The monoisotopic (exact) mass is 553 g/mol. The molecular weight excluding hydrogens is 518 g/mol. The minimum absolute atomic E-state index is 0.0114. The number of halogens is 4. The van der Waals surface area contributed by atoms with Crippen LogP contribution in [-0.2, 0) is 43.1 Å². The fourth-order valence-corrected chi connectivity index (χ4v) is 4.96. The third-order valence-corrected chi connectivity index (χ3v) is 6.91. The summed E-state index contributed by atoms with van der Waals surface area (Å²) in [6.07, 6.45) is -5.75. The van der Waals surface area contributed by atoms with E-state index in [9.17, 15) is 22.4 Å². The Bertz CT molecular complexity index is 1120. The second-order valence-corrected chi connectivity index (χ2v) is 11.1. The largest absolute Gasteiger partial charge is 0.416 e. The number of carbonyl (C=O) groups is 1. The van der Waals surface area contributed by atoms with Crippen LogP contribution in [0.5, 0.6) is 0 Å². The third-order valence-electron chi connectivity index (χ3n) is 6.91. The first-order valence-corrected chi connectivity index (χ1v) is 13.1. The Balaban J connectivity index is 1.57. The van der Waals surface area contributed by atoms with Crippen LogP contribution in [-0.4, -0.2) is 42.2 Å². The fraction of sp³-hybridized carbons (Fsp3) is 0.552. The lowest BCUT2D eigenvalue weighted by Crippen LogP contribution is -2.60. The molecule has 1 heterocycles. The van der Waals surface area contributed by atoms with E-state index in [0.29, 0.717) is 17.7 Å². The number of nitrogens with one attached hydrogen (secondary N) is 1. The van der Waals surface area contributed by atoms with Gasteiger partial charge in [0.2, 0.25) is 0 Å². The molecule has 0 bridgehead atoms. The normalized spacial score (nSPS) is 26.4. The maximum absolute atomic E-state index is 13.6. The molecule has 1 saturated heterocycles. The lowest BCUT2D eigenvalue weighted by molar-refractivity contribution is -0.183. The van der Waals surface area contributed by atoms with Gasteiger partial charge in [0.1, 0.15) is 11.9 Å². The minimum Gasteiger partial charge on any atom is -0.371 e. The van der Waals surface area contributed by atoms with E-state index < -0.39 is 41.4 Å². The second-order valence-electron chi connectivity index (χ2n) is 11.1. The molecule has 2 fully saturated rings. The zero-order valence-corrected chi connectivity index (χ0v) is 22.5. The first-order valence-electron chi connectivity index (χ1n) is 13.1. The molecule has 1 amide bonds. The molecule has 2 aromatic rings. The summed E-state index contributed by atoms with van der Waals surface area (Å²) in [4.78, 5) is 13.6. The summed E-state index contributed by atoms with van der Waals surface area (Å²) in [6.45, 7) is 8.02. The second kappa shape index (κ2) is 11.5. The number of rotatable bonds is 9. The number of carbonyl (C=O) groups excluding carboxylic acids is 1. The molecule has 6 nitrogen and oxygen atoms in total. The van der Waals surface area contributed by atoms with Gasteiger partial charge in [-0.1, -0.05) is 38.1 Å². The lowest BCUT2D eigenvalue weighted by atomic mass is 9.78. The number of ether oxygens (including phenoxy) is 4. The molecule has 10 heteroatoms. The minimum atomic E-state index is -4.43. The number of alkyl halides is 3. The van der Waals surface area contributed by atoms with Crippen LogP contribution in [0.25, 0.3) is 0 Å². The Labute approximate surface area is 226 Å². The maximum atomic E-state index is 13.6. The molecule has 1 aliphatic carbocycles. The van der Waals surface area contributed by atoms with Crippen LogP contribution >= 0.6 is 0 Å². The van der Waals surface area contributed by atoms with Gasteiger partial charge >= 0.3 is 6.18 Å². The number of hydrogen-bond donors (Lipinski definition) is 1. The highest BCUT2D eigenvalue weighted by atomic mass is 19.4. The molecule has 2 aromatic carbocycles. The Morgan fingerprint density at radius 2 is 1.62 bits per heavy atom. The summed E-state index contributed by atoms with van der Waals surface area (Å²) < 4.78 is 77.2. The van der Waals surface area contributed by atoms with Gasteiger partial charge < -0.3 is 24.3 Å². The number of benzene rings is 2. The number of fused-ring (bicyclic) bond motifs is 1. The van der Waals surface area contributed by atoms with Crippen molar-refractivity contribution >= 4 is 5.91 Å². The van der Waals surface area contributed by atoms with Crippen molar-refractivity contribution in [2.75, 3.05) is 6.54 Å². The van der Waals surface area contributed by atoms with Gasteiger partial charge in [-0.15, -0.1) is 0 Å². The summed E-state index contributed by atoms with van der Waals surface area (Å²) >= 11 is 0. The average Bonchev–Trinajstić information content (AvgIpc) is 3.18. The zero-order chi connectivity index (χ0) is 28.4. The van der Waals surface area contributed by atoms with E-state index in [1.54, 1.807) is 26.0 Å². The van der Waals surface area contributed by atoms with E-state index in [1.165, 1.54) is 24.3 Å². The van der Waals surface area contributed by atoms with Gasteiger partial charge in [0, 0.05) is 19.4 Å². The maximum Gasteiger partial charge on any atom is 0.416 e. The first kappa shape index (κ1) is 29.5. The van der Waals surface area contributed by atoms with Crippen LogP contribution < -0.4 is 5.32 Å². The smallest absolute Gasteiger partial charge is 0.371 e. The predicted octanol–water partition coefficient (Wildman–Crippen LogP) is 5.77. The molecule has 1 unspecified atom stereocenters. The van der Waals surface area contributed by atoms with E-state index >= 15 is 0 Å². The lowest BCUT2D eigenvalue weighted by Gasteiger charge is -2.43. The SMILES string of the molecule is CC(C)CNC(=O)[C@@]1(OCc2ccc(F)cc2)CC(OCc2ccc(C(F)(F)F)cc2)[C@@H]2OC(C)(C)O[C@@H]2C1. The van der Waals surface area contributed by atoms with Crippen molar-refractivity contribution in [3.63, 3.8) is 0 Å². The van der Waals surface area contributed by atoms with Crippen LogP contribution in [0.3, 0.4) is 0 Å². The molecular formula is C29H35F4NO5. The van der Waals surface area contributed by atoms with Gasteiger partial charge in [-0.25, -0.2) is 4.39 Å². The highest BCUT2D eigenvalue weighted by Crippen LogP contribution is 2.44. The van der Waals surface area contributed by atoms with E-state index in [2.05, 4.69) is 5.32 Å². The summed E-state index contributed by atoms with van der Waals surface area (Å²) in [5.74, 6) is -1.41. The number of hydrogen-bond acceptors (Lipinski definition) is 5. The third kappa shape index (κ3) is 7.36. The van der Waals surface area contributed by atoms with Crippen molar-refractivity contribution in [3.05, 3.63) is 71.0 Å². The Kier molecular flexibility index (Phi) is 8.70. The first-order chi connectivity index (χ1) is 18.3. The van der Waals surface area contributed by atoms with Gasteiger partial charge in [-0.05, 0) is 55.2 Å². The molecule has 1 saturated carbocycles. The molecule has 214 valence electrons. The summed E-state index contributed by atoms with van der Waals surface area (Å²) in [6, 6.07) is 10.6. The van der Waals surface area contributed by atoms with E-state index in [1.807, 2.05) is 13.8 Å². The van der Waals surface area contributed by atoms with Crippen LogP contribution in [0.1, 0.15) is 57.2 Å². The molecule has 0 aromatic heterocycles. The highest BCUT2D eigenvalue weighted by Gasteiger charge is 2.58. The Morgan fingerprint density at radius 3 is 2.23 bits per heavy atom.